The van der Waals surface area contributed by atoms with Gasteiger partial charge in [0.05, 0.1) is 11.8 Å². The average Bonchev–Trinajstić information content (AvgIpc) is 3.16. The average molecular weight is 425 g/mol. The van der Waals surface area contributed by atoms with Crippen molar-refractivity contribution in [3.8, 4) is 11.4 Å². The summed E-state index contributed by atoms with van der Waals surface area (Å²) >= 11 is 1.32. The van der Waals surface area contributed by atoms with E-state index in [-0.39, 0.29) is 23.5 Å². The Bertz CT molecular complexity index is 973. The van der Waals surface area contributed by atoms with Gasteiger partial charge in [0.15, 0.2) is 11.0 Å². The van der Waals surface area contributed by atoms with Gasteiger partial charge in [-0.1, -0.05) is 61.5 Å². The Kier molecular flexibility index (Phi) is 7.79. The van der Waals surface area contributed by atoms with Crippen LogP contribution >= 0.6 is 11.8 Å². The van der Waals surface area contributed by atoms with Gasteiger partial charge in [-0.3, -0.25) is 9.36 Å². The van der Waals surface area contributed by atoms with E-state index in [0.717, 1.165) is 24.0 Å². The summed E-state index contributed by atoms with van der Waals surface area (Å²) in [4.78, 5) is 12.6. The maximum Gasteiger partial charge on any atom is 0.230 e. The summed E-state index contributed by atoms with van der Waals surface area (Å²) in [6.07, 6.45) is 3.59. The van der Waals surface area contributed by atoms with Crippen molar-refractivity contribution in [3.05, 3.63) is 78.6 Å². The number of hydrogen-bond donors (Lipinski definition) is 1. The first-order valence-corrected chi connectivity index (χ1v) is 10.9. The number of thioether (sulfide) groups is 1. The SMILES string of the molecule is C=CCn1c(SCC(=O)N[C@H](CCC)c2ccccc2)nnc1-c1ccc(F)cc1. The van der Waals surface area contributed by atoms with Gasteiger partial charge in [0.2, 0.25) is 5.91 Å². The summed E-state index contributed by atoms with van der Waals surface area (Å²) in [5.74, 6) is 0.482. The number of nitrogens with one attached hydrogen (secondary N) is 1. The molecule has 30 heavy (non-hydrogen) atoms. The third-order valence-corrected chi connectivity index (χ3v) is 5.54. The zero-order valence-corrected chi connectivity index (χ0v) is 17.7. The molecule has 0 spiro atoms. The molecule has 2 aromatic carbocycles. The zero-order valence-electron chi connectivity index (χ0n) is 16.9. The molecule has 3 rings (SSSR count). The van der Waals surface area contributed by atoms with Crippen LogP contribution in [0.3, 0.4) is 0 Å². The van der Waals surface area contributed by atoms with Gasteiger partial charge in [0.25, 0.3) is 0 Å². The van der Waals surface area contributed by atoms with E-state index >= 15 is 0 Å². The molecule has 1 N–H and O–H groups in total. The lowest BCUT2D eigenvalue weighted by atomic mass is 10.0. The van der Waals surface area contributed by atoms with Gasteiger partial charge in [-0.05, 0) is 36.2 Å². The zero-order chi connectivity index (χ0) is 21.3. The van der Waals surface area contributed by atoms with E-state index in [1.165, 1.54) is 23.9 Å². The van der Waals surface area contributed by atoms with Crippen LogP contribution in [0, 0.1) is 5.82 Å². The number of carbonyl (C=O) groups is 1. The van der Waals surface area contributed by atoms with Gasteiger partial charge >= 0.3 is 0 Å². The number of rotatable bonds is 10. The van der Waals surface area contributed by atoms with Crippen LogP contribution in [0.5, 0.6) is 0 Å². The second-order valence-electron chi connectivity index (χ2n) is 6.82. The molecule has 0 fully saturated rings. The van der Waals surface area contributed by atoms with Gasteiger partial charge in [-0.25, -0.2) is 4.39 Å². The van der Waals surface area contributed by atoms with Crippen molar-refractivity contribution < 1.29 is 9.18 Å². The molecule has 1 atom stereocenters. The molecule has 0 saturated heterocycles. The van der Waals surface area contributed by atoms with E-state index in [1.54, 1.807) is 18.2 Å². The standard InChI is InChI=1S/C23H25FN4OS/c1-3-8-20(17-9-6-5-7-10-17)25-21(29)16-30-23-27-26-22(28(23)15-4-2)18-11-13-19(24)14-12-18/h4-7,9-14,20H,2-3,8,15-16H2,1H3,(H,25,29)/t20-/m1/s1. The van der Waals surface area contributed by atoms with Crippen LogP contribution in [0.25, 0.3) is 11.4 Å². The van der Waals surface area contributed by atoms with E-state index in [1.807, 2.05) is 34.9 Å². The summed E-state index contributed by atoms with van der Waals surface area (Å²) in [6, 6.07) is 16.1. The van der Waals surface area contributed by atoms with Gasteiger partial charge in [-0.15, -0.1) is 16.8 Å². The third kappa shape index (κ3) is 5.57. The van der Waals surface area contributed by atoms with E-state index in [0.29, 0.717) is 17.5 Å². The highest BCUT2D eigenvalue weighted by Crippen LogP contribution is 2.25. The lowest BCUT2D eigenvalue weighted by Gasteiger charge is -2.18. The van der Waals surface area contributed by atoms with Crippen molar-refractivity contribution in [2.45, 2.75) is 37.5 Å². The topological polar surface area (TPSA) is 59.8 Å². The molecule has 156 valence electrons. The Morgan fingerprint density at radius 3 is 2.60 bits per heavy atom. The Labute approximate surface area is 180 Å². The molecule has 1 amide bonds. The number of benzene rings is 2. The molecule has 0 radical (unpaired) electrons. The maximum atomic E-state index is 13.2. The molecular weight excluding hydrogens is 399 g/mol. The summed E-state index contributed by atoms with van der Waals surface area (Å²) in [5.41, 5.74) is 1.86. The van der Waals surface area contributed by atoms with Gasteiger partial charge in [0, 0.05) is 12.1 Å². The van der Waals surface area contributed by atoms with Gasteiger partial charge < -0.3 is 5.32 Å². The predicted octanol–water partition coefficient (Wildman–Crippen LogP) is 5.02. The van der Waals surface area contributed by atoms with Crippen molar-refractivity contribution in [1.29, 1.82) is 0 Å². The van der Waals surface area contributed by atoms with Crippen molar-refractivity contribution in [2.24, 2.45) is 0 Å². The van der Waals surface area contributed by atoms with Crippen LogP contribution in [0.1, 0.15) is 31.4 Å². The molecule has 3 aromatic rings. The fourth-order valence-corrected chi connectivity index (χ4v) is 3.92. The quantitative estimate of drug-likeness (QED) is 0.367. The van der Waals surface area contributed by atoms with Crippen molar-refractivity contribution in [2.75, 3.05) is 5.75 Å². The van der Waals surface area contributed by atoms with Crippen molar-refractivity contribution in [1.82, 2.24) is 20.1 Å². The Balaban J connectivity index is 1.69. The molecule has 0 aliphatic carbocycles. The van der Waals surface area contributed by atoms with Gasteiger partial charge in [-0.2, -0.15) is 0 Å². The number of hydrogen-bond acceptors (Lipinski definition) is 4. The van der Waals surface area contributed by atoms with Crippen LogP contribution in [-0.2, 0) is 11.3 Å². The monoisotopic (exact) mass is 424 g/mol. The Morgan fingerprint density at radius 2 is 1.93 bits per heavy atom. The highest BCUT2D eigenvalue weighted by Gasteiger charge is 2.17. The predicted molar refractivity (Wildman–Crippen MR) is 119 cm³/mol. The summed E-state index contributed by atoms with van der Waals surface area (Å²) in [6.45, 7) is 6.38. The lowest BCUT2D eigenvalue weighted by Crippen LogP contribution is -2.30. The number of nitrogens with zero attached hydrogens (tertiary/aromatic N) is 3. The number of carbonyl (C=O) groups excluding carboxylic acids is 1. The van der Waals surface area contributed by atoms with E-state index in [9.17, 15) is 9.18 Å². The minimum atomic E-state index is -0.306. The Hall–Kier alpha value is -2.93. The number of aromatic nitrogens is 3. The maximum absolute atomic E-state index is 13.2. The van der Waals surface area contributed by atoms with Crippen LogP contribution in [0.15, 0.2) is 72.4 Å². The van der Waals surface area contributed by atoms with Crippen LogP contribution in [0.4, 0.5) is 4.39 Å². The van der Waals surface area contributed by atoms with Crippen LogP contribution in [-0.4, -0.2) is 26.4 Å². The number of amides is 1. The Morgan fingerprint density at radius 1 is 1.20 bits per heavy atom. The van der Waals surface area contributed by atoms with E-state index < -0.39 is 0 Å². The van der Waals surface area contributed by atoms with E-state index in [2.05, 4.69) is 29.0 Å². The largest absolute Gasteiger partial charge is 0.349 e. The molecule has 0 unspecified atom stereocenters. The van der Waals surface area contributed by atoms with Crippen LogP contribution < -0.4 is 5.32 Å². The molecule has 1 aromatic heterocycles. The molecule has 7 heteroatoms. The smallest absolute Gasteiger partial charge is 0.230 e. The lowest BCUT2D eigenvalue weighted by molar-refractivity contribution is -0.119. The first-order valence-electron chi connectivity index (χ1n) is 9.89. The minimum absolute atomic E-state index is 0.00915. The first-order chi connectivity index (χ1) is 14.6. The number of halogens is 1. The highest BCUT2D eigenvalue weighted by molar-refractivity contribution is 7.99. The summed E-state index contributed by atoms with van der Waals surface area (Å²) in [5, 5.41) is 12.2. The normalized spacial score (nSPS) is 11.8. The number of allylic oxidation sites excluding steroid dienone is 1. The second kappa shape index (κ2) is 10.7. The van der Waals surface area contributed by atoms with E-state index in [4.69, 9.17) is 0 Å². The van der Waals surface area contributed by atoms with Crippen LogP contribution in [0.2, 0.25) is 0 Å². The van der Waals surface area contributed by atoms with Crippen molar-refractivity contribution >= 4 is 17.7 Å². The molecular formula is C23H25FN4OS. The third-order valence-electron chi connectivity index (χ3n) is 4.58. The molecule has 1 heterocycles. The summed E-state index contributed by atoms with van der Waals surface area (Å²) in [7, 11) is 0. The fourth-order valence-electron chi connectivity index (χ4n) is 3.16. The summed E-state index contributed by atoms with van der Waals surface area (Å²) < 4.78 is 15.1. The van der Waals surface area contributed by atoms with Crippen molar-refractivity contribution in [3.63, 3.8) is 0 Å². The fraction of sp³-hybridized carbons (Fsp3) is 0.261. The second-order valence-corrected chi connectivity index (χ2v) is 7.76. The minimum Gasteiger partial charge on any atom is -0.349 e. The first kappa shape index (κ1) is 21.8. The van der Waals surface area contributed by atoms with Gasteiger partial charge in [0.1, 0.15) is 5.82 Å². The molecule has 0 aliphatic rings. The molecule has 0 bridgehead atoms. The molecule has 0 saturated carbocycles. The molecule has 0 aliphatic heterocycles. The molecule has 5 nitrogen and oxygen atoms in total. The highest BCUT2D eigenvalue weighted by atomic mass is 32.2.